The Morgan fingerprint density at radius 1 is 0.615 bits per heavy atom. The SMILES string of the molecule is C(=NN1CCN(c2ccccc2)CC1)c1ccc(-c2ccccc2)cc1. The summed E-state index contributed by atoms with van der Waals surface area (Å²) in [6, 6.07) is 29.6. The van der Waals surface area contributed by atoms with Crippen LogP contribution in [0, 0.1) is 0 Å². The molecule has 26 heavy (non-hydrogen) atoms. The fourth-order valence-electron chi connectivity index (χ4n) is 3.25. The molecule has 0 aliphatic carbocycles. The van der Waals surface area contributed by atoms with Crippen LogP contribution in [0.3, 0.4) is 0 Å². The van der Waals surface area contributed by atoms with E-state index in [2.05, 4.69) is 93.9 Å². The van der Waals surface area contributed by atoms with Gasteiger partial charge in [-0.25, -0.2) is 0 Å². The van der Waals surface area contributed by atoms with E-state index < -0.39 is 0 Å². The predicted octanol–water partition coefficient (Wildman–Crippen LogP) is 4.51. The van der Waals surface area contributed by atoms with Gasteiger partial charge >= 0.3 is 0 Å². The fraction of sp³-hybridized carbons (Fsp3) is 0.174. The van der Waals surface area contributed by atoms with Gasteiger partial charge in [-0.3, -0.25) is 5.01 Å². The molecule has 0 unspecified atom stereocenters. The topological polar surface area (TPSA) is 18.8 Å². The van der Waals surface area contributed by atoms with E-state index in [1.165, 1.54) is 16.8 Å². The smallest absolute Gasteiger partial charge is 0.0542 e. The lowest BCUT2D eigenvalue weighted by molar-refractivity contribution is 0.272. The van der Waals surface area contributed by atoms with E-state index in [-0.39, 0.29) is 0 Å². The standard InChI is InChI=1S/C23H23N3/c1-3-7-21(8-4-1)22-13-11-20(12-14-22)19-24-26-17-15-25(16-18-26)23-9-5-2-6-10-23/h1-14,19H,15-18H2. The summed E-state index contributed by atoms with van der Waals surface area (Å²) in [5, 5.41) is 6.82. The Bertz CT molecular complexity index is 834. The van der Waals surface area contributed by atoms with Gasteiger partial charge in [0.2, 0.25) is 0 Å². The van der Waals surface area contributed by atoms with Crippen LogP contribution in [0.4, 0.5) is 5.69 Å². The van der Waals surface area contributed by atoms with Gasteiger partial charge < -0.3 is 4.90 Å². The summed E-state index contributed by atoms with van der Waals surface area (Å²) < 4.78 is 0. The molecule has 0 spiro atoms. The second kappa shape index (κ2) is 7.87. The molecular weight excluding hydrogens is 318 g/mol. The first-order valence-corrected chi connectivity index (χ1v) is 9.13. The third kappa shape index (κ3) is 3.94. The number of benzene rings is 3. The molecule has 3 nitrogen and oxygen atoms in total. The number of hydrazone groups is 1. The molecule has 1 aliphatic heterocycles. The maximum absolute atomic E-state index is 4.67. The Morgan fingerprint density at radius 2 is 1.19 bits per heavy atom. The minimum atomic E-state index is 0.952. The first kappa shape index (κ1) is 16.4. The second-order valence-electron chi connectivity index (χ2n) is 6.51. The number of para-hydroxylation sites is 1. The Morgan fingerprint density at radius 3 is 1.85 bits per heavy atom. The fourth-order valence-corrected chi connectivity index (χ4v) is 3.25. The van der Waals surface area contributed by atoms with Crippen molar-refractivity contribution in [3.63, 3.8) is 0 Å². The summed E-state index contributed by atoms with van der Waals surface area (Å²) in [6.07, 6.45) is 1.97. The molecule has 1 fully saturated rings. The molecule has 130 valence electrons. The number of piperazine rings is 1. The van der Waals surface area contributed by atoms with E-state index in [0.717, 1.165) is 31.7 Å². The highest BCUT2D eigenvalue weighted by atomic mass is 15.5. The third-order valence-electron chi connectivity index (χ3n) is 4.77. The number of hydrogen-bond acceptors (Lipinski definition) is 3. The minimum Gasteiger partial charge on any atom is -0.368 e. The van der Waals surface area contributed by atoms with Crippen LogP contribution in [0.15, 0.2) is 90.0 Å². The molecular formula is C23H23N3. The van der Waals surface area contributed by atoms with Crippen molar-refractivity contribution >= 4 is 11.9 Å². The maximum Gasteiger partial charge on any atom is 0.0542 e. The van der Waals surface area contributed by atoms with Gasteiger partial charge in [-0.15, -0.1) is 0 Å². The Labute approximate surface area is 155 Å². The van der Waals surface area contributed by atoms with Crippen LogP contribution < -0.4 is 4.90 Å². The predicted molar refractivity (Wildman–Crippen MR) is 110 cm³/mol. The van der Waals surface area contributed by atoms with Gasteiger partial charge in [0, 0.05) is 18.8 Å². The maximum atomic E-state index is 4.67. The quantitative estimate of drug-likeness (QED) is 0.650. The average molecular weight is 341 g/mol. The van der Waals surface area contributed by atoms with Crippen molar-refractivity contribution in [2.75, 3.05) is 31.1 Å². The molecule has 0 atom stereocenters. The lowest BCUT2D eigenvalue weighted by Crippen LogP contribution is -2.44. The molecule has 0 bridgehead atoms. The molecule has 0 amide bonds. The molecule has 1 saturated heterocycles. The van der Waals surface area contributed by atoms with Crippen LogP contribution in [-0.2, 0) is 0 Å². The molecule has 1 heterocycles. The van der Waals surface area contributed by atoms with Crippen LogP contribution in [0.2, 0.25) is 0 Å². The third-order valence-corrected chi connectivity index (χ3v) is 4.77. The summed E-state index contributed by atoms with van der Waals surface area (Å²) >= 11 is 0. The van der Waals surface area contributed by atoms with Crippen LogP contribution in [0.1, 0.15) is 5.56 Å². The molecule has 3 heteroatoms. The van der Waals surface area contributed by atoms with Crippen molar-refractivity contribution < 1.29 is 0 Å². The van der Waals surface area contributed by atoms with Gasteiger partial charge in [0.25, 0.3) is 0 Å². The summed E-state index contributed by atoms with van der Waals surface area (Å²) in [5.41, 5.74) is 4.91. The van der Waals surface area contributed by atoms with E-state index in [0.29, 0.717) is 0 Å². The van der Waals surface area contributed by atoms with Crippen molar-refractivity contribution in [3.05, 3.63) is 90.5 Å². The lowest BCUT2D eigenvalue weighted by atomic mass is 10.0. The number of nitrogens with zero attached hydrogens (tertiary/aromatic N) is 3. The molecule has 0 radical (unpaired) electrons. The molecule has 3 aromatic carbocycles. The first-order chi connectivity index (χ1) is 12.9. The van der Waals surface area contributed by atoms with E-state index in [1.807, 2.05) is 12.3 Å². The zero-order chi connectivity index (χ0) is 17.6. The number of hydrogen-bond donors (Lipinski definition) is 0. The highest BCUT2D eigenvalue weighted by Crippen LogP contribution is 2.19. The largest absolute Gasteiger partial charge is 0.368 e. The molecule has 1 aliphatic rings. The van der Waals surface area contributed by atoms with Crippen molar-refractivity contribution in [2.45, 2.75) is 0 Å². The Hall–Kier alpha value is -3.07. The summed E-state index contributed by atoms with van der Waals surface area (Å²) in [6.45, 7) is 3.92. The minimum absolute atomic E-state index is 0.952. The van der Waals surface area contributed by atoms with E-state index in [9.17, 15) is 0 Å². The van der Waals surface area contributed by atoms with Gasteiger partial charge in [-0.1, -0.05) is 72.8 Å². The number of anilines is 1. The van der Waals surface area contributed by atoms with Gasteiger partial charge in [0.1, 0.15) is 0 Å². The van der Waals surface area contributed by atoms with Crippen LogP contribution in [0.5, 0.6) is 0 Å². The molecule has 3 aromatic rings. The zero-order valence-corrected chi connectivity index (χ0v) is 14.8. The molecule has 0 N–H and O–H groups in total. The van der Waals surface area contributed by atoms with Crippen molar-refractivity contribution in [1.29, 1.82) is 0 Å². The van der Waals surface area contributed by atoms with Gasteiger partial charge in [-0.2, -0.15) is 5.10 Å². The second-order valence-corrected chi connectivity index (χ2v) is 6.51. The monoisotopic (exact) mass is 341 g/mol. The van der Waals surface area contributed by atoms with Crippen molar-refractivity contribution in [3.8, 4) is 11.1 Å². The van der Waals surface area contributed by atoms with Crippen LogP contribution in [-0.4, -0.2) is 37.4 Å². The highest BCUT2D eigenvalue weighted by molar-refractivity contribution is 5.80. The Balaban J connectivity index is 1.34. The highest BCUT2D eigenvalue weighted by Gasteiger charge is 2.15. The van der Waals surface area contributed by atoms with Crippen molar-refractivity contribution in [2.24, 2.45) is 5.10 Å². The van der Waals surface area contributed by atoms with Gasteiger partial charge in [0.05, 0.1) is 19.3 Å². The number of rotatable bonds is 4. The normalized spacial score (nSPS) is 14.8. The average Bonchev–Trinajstić information content (AvgIpc) is 2.74. The van der Waals surface area contributed by atoms with Crippen LogP contribution in [0.25, 0.3) is 11.1 Å². The van der Waals surface area contributed by atoms with E-state index in [1.54, 1.807) is 0 Å². The summed E-state index contributed by atoms with van der Waals surface area (Å²) in [7, 11) is 0. The molecule has 4 rings (SSSR count). The van der Waals surface area contributed by atoms with Gasteiger partial charge in [0.15, 0.2) is 0 Å². The molecule has 0 aromatic heterocycles. The van der Waals surface area contributed by atoms with E-state index >= 15 is 0 Å². The summed E-state index contributed by atoms with van der Waals surface area (Å²) in [5.74, 6) is 0. The van der Waals surface area contributed by atoms with E-state index in [4.69, 9.17) is 0 Å². The Kier molecular flexibility index (Phi) is 4.97. The summed E-state index contributed by atoms with van der Waals surface area (Å²) in [4.78, 5) is 2.42. The zero-order valence-electron chi connectivity index (χ0n) is 14.8. The van der Waals surface area contributed by atoms with Crippen molar-refractivity contribution in [1.82, 2.24) is 5.01 Å². The molecule has 0 saturated carbocycles. The van der Waals surface area contributed by atoms with Gasteiger partial charge in [-0.05, 0) is 28.8 Å². The van der Waals surface area contributed by atoms with Crippen LogP contribution >= 0.6 is 0 Å². The lowest BCUT2D eigenvalue weighted by Gasteiger charge is -2.34. The first-order valence-electron chi connectivity index (χ1n) is 9.13.